The molecule has 2 N–H and O–H groups in total. The van der Waals surface area contributed by atoms with Crippen LogP contribution in [0.25, 0.3) is 0 Å². The molecular formula is C21H31ClN4O2. The van der Waals surface area contributed by atoms with Gasteiger partial charge in [-0.05, 0) is 62.9 Å². The van der Waals surface area contributed by atoms with Crippen LogP contribution in [0.1, 0.15) is 44.1 Å². The quantitative estimate of drug-likeness (QED) is 0.812. The van der Waals surface area contributed by atoms with Crippen LogP contribution in [0.4, 0.5) is 4.79 Å². The molecule has 0 spiro atoms. The van der Waals surface area contributed by atoms with Gasteiger partial charge in [-0.2, -0.15) is 5.26 Å². The van der Waals surface area contributed by atoms with Crippen LogP contribution >= 0.6 is 12.4 Å². The first-order valence-electron chi connectivity index (χ1n) is 10.1. The zero-order chi connectivity index (χ0) is 19.1. The minimum atomic E-state index is -0.252. The summed E-state index contributed by atoms with van der Waals surface area (Å²) in [5.41, 5.74) is 6.26. The van der Waals surface area contributed by atoms with Gasteiger partial charge in [0, 0.05) is 19.1 Å². The Morgan fingerprint density at radius 2 is 1.96 bits per heavy atom. The van der Waals surface area contributed by atoms with E-state index in [0.717, 1.165) is 57.6 Å². The van der Waals surface area contributed by atoms with Crippen molar-refractivity contribution >= 4 is 18.4 Å². The lowest BCUT2D eigenvalue weighted by Crippen LogP contribution is -2.49. The highest BCUT2D eigenvalue weighted by molar-refractivity contribution is 5.85. The second-order valence-electron chi connectivity index (χ2n) is 7.62. The number of nitrogens with zero attached hydrogens (tertiary/aromatic N) is 3. The summed E-state index contributed by atoms with van der Waals surface area (Å²) in [6.07, 6.45) is 6.78. The first kappa shape index (κ1) is 22.3. The van der Waals surface area contributed by atoms with E-state index in [1.165, 1.54) is 12.8 Å². The van der Waals surface area contributed by atoms with E-state index in [0.29, 0.717) is 24.1 Å². The number of piperidine rings is 1. The van der Waals surface area contributed by atoms with Gasteiger partial charge in [-0.3, -0.25) is 4.90 Å². The molecule has 1 atom stereocenters. The second kappa shape index (κ2) is 11.1. The lowest BCUT2D eigenvalue weighted by molar-refractivity contribution is 0.0969. The third kappa shape index (κ3) is 6.02. The zero-order valence-electron chi connectivity index (χ0n) is 16.4. The van der Waals surface area contributed by atoms with Crippen molar-refractivity contribution in [1.82, 2.24) is 9.80 Å². The summed E-state index contributed by atoms with van der Waals surface area (Å²) >= 11 is 0. The number of ether oxygens (including phenoxy) is 1. The fourth-order valence-electron chi connectivity index (χ4n) is 4.41. The third-order valence-corrected chi connectivity index (χ3v) is 5.90. The molecule has 1 aromatic rings. The van der Waals surface area contributed by atoms with Gasteiger partial charge in [0.1, 0.15) is 12.4 Å². The number of halogens is 1. The van der Waals surface area contributed by atoms with Gasteiger partial charge >= 0.3 is 6.03 Å². The van der Waals surface area contributed by atoms with Crippen molar-refractivity contribution in [2.45, 2.75) is 44.6 Å². The van der Waals surface area contributed by atoms with Crippen molar-refractivity contribution in [3.8, 4) is 11.8 Å². The van der Waals surface area contributed by atoms with Gasteiger partial charge in [-0.1, -0.05) is 18.9 Å². The highest BCUT2D eigenvalue weighted by atomic mass is 35.5. The molecule has 0 radical (unpaired) electrons. The van der Waals surface area contributed by atoms with E-state index in [1.54, 1.807) is 12.1 Å². The molecule has 6 nitrogen and oxygen atoms in total. The topological polar surface area (TPSA) is 82.6 Å². The molecule has 2 amide bonds. The number of carbonyl (C=O) groups excluding carboxylic acids is 1. The monoisotopic (exact) mass is 406 g/mol. The number of primary amides is 1. The number of nitrogens with two attached hydrogens (primary N) is 1. The maximum absolute atomic E-state index is 11.8. The molecule has 2 aliphatic rings. The molecular weight excluding hydrogens is 376 g/mol. The molecule has 0 saturated carbocycles. The Bertz CT molecular complexity index is 671. The first-order chi connectivity index (χ1) is 13.2. The van der Waals surface area contributed by atoms with E-state index in [-0.39, 0.29) is 18.4 Å². The summed E-state index contributed by atoms with van der Waals surface area (Å²) in [7, 11) is 0. The Morgan fingerprint density at radius 1 is 1.18 bits per heavy atom. The number of urea groups is 1. The van der Waals surface area contributed by atoms with Crippen LogP contribution in [0.15, 0.2) is 24.3 Å². The molecule has 2 aliphatic heterocycles. The number of carbonyl (C=O) groups is 1. The minimum Gasteiger partial charge on any atom is -0.492 e. The van der Waals surface area contributed by atoms with Crippen LogP contribution in [0.2, 0.25) is 0 Å². The average Bonchev–Trinajstić information content (AvgIpc) is 2.95. The number of likely N-dealkylation sites (tertiary alicyclic amines) is 2. The smallest absolute Gasteiger partial charge is 0.315 e. The largest absolute Gasteiger partial charge is 0.492 e. The fraction of sp³-hybridized carbons (Fsp3) is 0.619. The van der Waals surface area contributed by atoms with Crippen LogP contribution in [-0.4, -0.2) is 54.7 Å². The van der Waals surface area contributed by atoms with Crippen LogP contribution in [0.5, 0.6) is 5.75 Å². The molecule has 0 aliphatic carbocycles. The first-order valence-corrected chi connectivity index (χ1v) is 10.1. The molecule has 1 aromatic carbocycles. The number of benzene rings is 1. The predicted molar refractivity (Wildman–Crippen MR) is 112 cm³/mol. The summed E-state index contributed by atoms with van der Waals surface area (Å²) < 4.78 is 5.80. The molecule has 154 valence electrons. The Labute approximate surface area is 174 Å². The van der Waals surface area contributed by atoms with Gasteiger partial charge in [0.2, 0.25) is 0 Å². The highest BCUT2D eigenvalue weighted by Crippen LogP contribution is 2.29. The van der Waals surface area contributed by atoms with E-state index < -0.39 is 0 Å². The number of rotatable bonds is 5. The zero-order valence-corrected chi connectivity index (χ0v) is 17.2. The predicted octanol–water partition coefficient (Wildman–Crippen LogP) is 3.39. The van der Waals surface area contributed by atoms with Crippen molar-refractivity contribution in [3.05, 3.63) is 29.8 Å². The van der Waals surface area contributed by atoms with E-state index >= 15 is 0 Å². The van der Waals surface area contributed by atoms with Crippen LogP contribution in [0.3, 0.4) is 0 Å². The maximum Gasteiger partial charge on any atom is 0.315 e. The molecule has 2 saturated heterocycles. The number of hydrogen-bond acceptors (Lipinski definition) is 4. The molecule has 2 fully saturated rings. The third-order valence-electron chi connectivity index (χ3n) is 5.90. The maximum atomic E-state index is 11.8. The lowest BCUT2D eigenvalue weighted by atomic mass is 9.86. The summed E-state index contributed by atoms with van der Waals surface area (Å²) in [6, 6.07) is 9.48. The summed E-state index contributed by atoms with van der Waals surface area (Å²) in [6.45, 7) is 4.39. The SMILES string of the molecule is Cl.N#Cc1cccc(OCCN2CCC(C3CCCCCN3C(N)=O)CC2)c1. The van der Waals surface area contributed by atoms with Crippen molar-refractivity contribution < 1.29 is 9.53 Å². The summed E-state index contributed by atoms with van der Waals surface area (Å²) in [4.78, 5) is 16.2. The van der Waals surface area contributed by atoms with Crippen LogP contribution in [-0.2, 0) is 0 Å². The highest BCUT2D eigenvalue weighted by Gasteiger charge is 2.33. The van der Waals surface area contributed by atoms with Gasteiger partial charge in [0.25, 0.3) is 0 Å². The lowest BCUT2D eigenvalue weighted by Gasteiger charge is -2.40. The second-order valence-corrected chi connectivity index (χ2v) is 7.62. The van der Waals surface area contributed by atoms with Gasteiger partial charge in [0.05, 0.1) is 11.6 Å². The molecule has 1 unspecified atom stereocenters. The summed E-state index contributed by atoms with van der Waals surface area (Å²) in [5.74, 6) is 1.31. The molecule has 2 heterocycles. The van der Waals surface area contributed by atoms with E-state index in [2.05, 4.69) is 11.0 Å². The standard InChI is InChI=1S/C21H30N4O2.ClH/c22-16-17-5-4-6-19(15-17)27-14-13-24-11-8-18(9-12-24)20-7-2-1-3-10-25(20)21(23)26;/h4-6,15,18,20H,1-3,7-14H2,(H2,23,26);1H. The minimum absolute atomic E-state index is 0. The van der Waals surface area contributed by atoms with Gasteiger partial charge in [0.15, 0.2) is 0 Å². The van der Waals surface area contributed by atoms with Crippen molar-refractivity contribution in [3.63, 3.8) is 0 Å². The number of amides is 2. The summed E-state index contributed by atoms with van der Waals surface area (Å²) in [5, 5.41) is 8.95. The van der Waals surface area contributed by atoms with Crippen LogP contribution < -0.4 is 10.5 Å². The normalized spacial score (nSPS) is 21.2. The van der Waals surface area contributed by atoms with Crippen LogP contribution in [0, 0.1) is 17.2 Å². The number of hydrogen-bond donors (Lipinski definition) is 1. The molecule has 3 rings (SSSR count). The van der Waals surface area contributed by atoms with Crippen molar-refractivity contribution in [1.29, 1.82) is 5.26 Å². The Hall–Kier alpha value is -1.97. The van der Waals surface area contributed by atoms with Gasteiger partial charge in [-0.15, -0.1) is 12.4 Å². The Morgan fingerprint density at radius 3 is 2.68 bits per heavy atom. The van der Waals surface area contributed by atoms with E-state index in [9.17, 15) is 4.79 Å². The molecule has 0 aromatic heterocycles. The van der Waals surface area contributed by atoms with E-state index in [1.807, 2.05) is 17.0 Å². The van der Waals surface area contributed by atoms with E-state index in [4.69, 9.17) is 15.7 Å². The van der Waals surface area contributed by atoms with Crippen molar-refractivity contribution in [2.24, 2.45) is 11.7 Å². The number of nitriles is 1. The Kier molecular flexibility index (Phi) is 8.88. The van der Waals surface area contributed by atoms with Crippen molar-refractivity contribution in [2.75, 3.05) is 32.8 Å². The van der Waals surface area contributed by atoms with Gasteiger partial charge < -0.3 is 15.4 Å². The molecule has 28 heavy (non-hydrogen) atoms. The fourth-order valence-corrected chi connectivity index (χ4v) is 4.41. The molecule has 7 heteroatoms. The average molecular weight is 407 g/mol. The van der Waals surface area contributed by atoms with Gasteiger partial charge in [-0.25, -0.2) is 4.79 Å². The Balaban J connectivity index is 0.00000280. The molecule has 0 bridgehead atoms.